The van der Waals surface area contributed by atoms with Crippen LogP contribution in [-0.4, -0.2) is 74.5 Å². The van der Waals surface area contributed by atoms with Crippen molar-refractivity contribution in [2.45, 2.75) is 6.42 Å². The molecule has 1 fully saturated rings. The van der Waals surface area contributed by atoms with E-state index in [0.29, 0.717) is 61.0 Å². The largest absolute Gasteiger partial charge is 0.493 e. The first-order valence-electron chi connectivity index (χ1n) is 11.8. The minimum atomic E-state index is -0.292. The molecule has 9 heteroatoms. The molecule has 1 saturated heterocycles. The van der Waals surface area contributed by atoms with Crippen molar-refractivity contribution in [3.05, 3.63) is 77.2 Å². The second-order valence-corrected chi connectivity index (χ2v) is 8.66. The summed E-state index contributed by atoms with van der Waals surface area (Å²) in [7, 11) is 3.14. The number of anilines is 1. The highest BCUT2D eigenvalue weighted by Gasteiger charge is 2.38. The molecule has 0 atom stereocenters. The van der Waals surface area contributed by atoms with E-state index in [4.69, 9.17) is 13.9 Å². The lowest BCUT2D eigenvalue weighted by atomic mass is 10.1. The second kappa shape index (κ2) is 9.77. The van der Waals surface area contributed by atoms with Crippen LogP contribution in [0.2, 0.25) is 0 Å². The minimum Gasteiger partial charge on any atom is -0.493 e. The van der Waals surface area contributed by atoms with Crippen molar-refractivity contribution in [3.63, 3.8) is 0 Å². The number of methoxy groups -OCH3 is 2. The number of amides is 3. The van der Waals surface area contributed by atoms with Gasteiger partial charge in [-0.3, -0.25) is 19.3 Å². The Morgan fingerprint density at radius 2 is 1.69 bits per heavy atom. The maximum Gasteiger partial charge on any atom is 0.289 e. The summed E-state index contributed by atoms with van der Waals surface area (Å²) < 4.78 is 15.9. The number of furan rings is 1. The van der Waals surface area contributed by atoms with Crippen molar-refractivity contribution in [2.24, 2.45) is 0 Å². The van der Waals surface area contributed by atoms with Gasteiger partial charge < -0.3 is 23.7 Å². The number of carbonyl (C=O) groups is 3. The quantitative estimate of drug-likeness (QED) is 0.471. The number of carbonyl (C=O) groups excluding carboxylic acids is 3. The number of ether oxygens (including phenoxy) is 2. The van der Waals surface area contributed by atoms with Crippen LogP contribution in [0.5, 0.6) is 11.5 Å². The first kappa shape index (κ1) is 23.5. The Morgan fingerprint density at radius 3 is 2.39 bits per heavy atom. The molecule has 0 spiro atoms. The smallest absolute Gasteiger partial charge is 0.289 e. The van der Waals surface area contributed by atoms with Gasteiger partial charge in [-0.1, -0.05) is 12.1 Å². The molecule has 2 aliphatic rings. The zero-order valence-electron chi connectivity index (χ0n) is 20.2. The molecule has 0 aliphatic carbocycles. The molecule has 2 aromatic carbocycles. The van der Waals surface area contributed by atoms with Crippen LogP contribution in [0, 0.1) is 0 Å². The lowest BCUT2D eigenvalue weighted by Crippen LogP contribution is -2.49. The molecule has 0 unspecified atom stereocenters. The van der Waals surface area contributed by atoms with E-state index in [0.717, 1.165) is 11.3 Å². The second-order valence-electron chi connectivity index (χ2n) is 8.66. The van der Waals surface area contributed by atoms with Crippen LogP contribution in [0.15, 0.2) is 59.2 Å². The number of fused-ring (bicyclic) bond motifs is 1. The molecular formula is C27H27N3O6. The number of hydrogen-bond donors (Lipinski definition) is 0. The molecule has 186 valence electrons. The highest BCUT2D eigenvalue weighted by molar-refractivity contribution is 6.23. The van der Waals surface area contributed by atoms with Crippen LogP contribution in [0.1, 0.15) is 36.8 Å². The van der Waals surface area contributed by atoms with E-state index in [1.807, 2.05) is 24.3 Å². The summed E-state index contributed by atoms with van der Waals surface area (Å²) in [6.07, 6.45) is 1.98. The van der Waals surface area contributed by atoms with Crippen LogP contribution in [0.25, 0.3) is 0 Å². The Hall–Kier alpha value is -4.27. The third kappa shape index (κ3) is 4.17. The van der Waals surface area contributed by atoms with Crippen LogP contribution >= 0.6 is 0 Å². The summed E-state index contributed by atoms with van der Waals surface area (Å²) in [6, 6.07) is 14.3. The molecule has 0 radical (unpaired) electrons. The number of benzene rings is 2. The fourth-order valence-electron chi connectivity index (χ4n) is 4.77. The maximum atomic E-state index is 13.4. The van der Waals surface area contributed by atoms with Gasteiger partial charge in [-0.15, -0.1) is 0 Å². The molecule has 36 heavy (non-hydrogen) atoms. The summed E-state index contributed by atoms with van der Waals surface area (Å²) >= 11 is 0. The zero-order chi connectivity index (χ0) is 25.2. The minimum absolute atomic E-state index is 0.148. The summed E-state index contributed by atoms with van der Waals surface area (Å²) in [6.45, 7) is 2.35. The Bertz CT molecular complexity index is 1290. The average molecular weight is 490 g/mol. The highest BCUT2D eigenvalue weighted by Crippen LogP contribution is 2.33. The van der Waals surface area contributed by atoms with E-state index in [1.165, 1.54) is 11.2 Å². The van der Waals surface area contributed by atoms with Gasteiger partial charge in [0.05, 0.1) is 37.3 Å². The molecule has 3 aromatic rings. The molecule has 3 heterocycles. The topological polar surface area (TPSA) is 92.5 Å². The molecule has 5 rings (SSSR count). The number of hydrogen-bond acceptors (Lipinski definition) is 7. The molecule has 1 aromatic heterocycles. The zero-order valence-corrected chi connectivity index (χ0v) is 20.2. The van der Waals surface area contributed by atoms with E-state index < -0.39 is 0 Å². The van der Waals surface area contributed by atoms with Crippen molar-refractivity contribution < 1.29 is 28.3 Å². The molecular weight excluding hydrogens is 462 g/mol. The van der Waals surface area contributed by atoms with Crippen LogP contribution in [-0.2, 0) is 6.42 Å². The normalized spacial score (nSPS) is 15.3. The highest BCUT2D eigenvalue weighted by atomic mass is 16.5. The van der Waals surface area contributed by atoms with E-state index in [1.54, 1.807) is 43.4 Å². The van der Waals surface area contributed by atoms with Gasteiger partial charge in [-0.05, 0) is 48.4 Å². The predicted molar refractivity (Wildman–Crippen MR) is 132 cm³/mol. The van der Waals surface area contributed by atoms with Gasteiger partial charge >= 0.3 is 0 Å². The number of nitrogens with zero attached hydrogens (tertiary/aromatic N) is 3. The Kier molecular flexibility index (Phi) is 6.37. The van der Waals surface area contributed by atoms with Gasteiger partial charge in [0.25, 0.3) is 17.7 Å². The standard InChI is InChI=1S/C27H27N3O6/c1-34-21-9-8-18(17-23(21)35-2)10-11-30-25(31)19-5-3-6-20(24(19)27(30)33)28-12-14-29(15-13-28)26(32)22-7-4-16-36-22/h3-9,16-17H,10-15H2,1-2H3. The van der Waals surface area contributed by atoms with E-state index >= 15 is 0 Å². The lowest BCUT2D eigenvalue weighted by molar-refractivity contribution is 0.0653. The predicted octanol–water partition coefficient (Wildman–Crippen LogP) is 3.10. The third-order valence-corrected chi connectivity index (χ3v) is 6.69. The molecule has 2 aliphatic heterocycles. The third-order valence-electron chi connectivity index (χ3n) is 6.69. The van der Waals surface area contributed by atoms with Gasteiger partial charge in [-0.2, -0.15) is 0 Å². The Morgan fingerprint density at radius 1 is 0.917 bits per heavy atom. The van der Waals surface area contributed by atoms with Crippen molar-refractivity contribution in [1.82, 2.24) is 9.80 Å². The van der Waals surface area contributed by atoms with Gasteiger partial charge in [0.1, 0.15) is 0 Å². The number of imide groups is 1. The van der Waals surface area contributed by atoms with Crippen molar-refractivity contribution in [3.8, 4) is 11.5 Å². The Balaban J connectivity index is 1.29. The van der Waals surface area contributed by atoms with Crippen LogP contribution in [0.4, 0.5) is 5.69 Å². The maximum absolute atomic E-state index is 13.4. The first-order chi connectivity index (χ1) is 17.5. The summed E-state index contributed by atoms with van der Waals surface area (Å²) in [5, 5.41) is 0. The van der Waals surface area contributed by atoms with Crippen LogP contribution in [0.3, 0.4) is 0 Å². The van der Waals surface area contributed by atoms with Gasteiger partial charge in [0.2, 0.25) is 0 Å². The first-order valence-corrected chi connectivity index (χ1v) is 11.8. The molecule has 0 N–H and O–H groups in total. The van der Waals surface area contributed by atoms with Crippen LogP contribution < -0.4 is 14.4 Å². The summed E-state index contributed by atoms with van der Waals surface area (Å²) in [5.41, 5.74) is 2.51. The number of piperazine rings is 1. The fraction of sp³-hybridized carbons (Fsp3) is 0.296. The SMILES string of the molecule is COc1ccc(CCN2C(=O)c3cccc(N4CCN(C(=O)c5ccco5)CC4)c3C2=O)cc1OC. The molecule has 3 amide bonds. The van der Waals surface area contributed by atoms with E-state index in [-0.39, 0.29) is 24.3 Å². The monoisotopic (exact) mass is 489 g/mol. The van der Waals surface area contributed by atoms with E-state index in [9.17, 15) is 14.4 Å². The number of rotatable bonds is 7. The van der Waals surface area contributed by atoms with Gasteiger partial charge in [0.15, 0.2) is 17.3 Å². The lowest BCUT2D eigenvalue weighted by Gasteiger charge is -2.36. The fourth-order valence-corrected chi connectivity index (χ4v) is 4.77. The van der Waals surface area contributed by atoms with Crippen molar-refractivity contribution in [1.29, 1.82) is 0 Å². The molecule has 0 saturated carbocycles. The van der Waals surface area contributed by atoms with Gasteiger partial charge in [-0.25, -0.2) is 0 Å². The average Bonchev–Trinajstić information content (AvgIpc) is 3.54. The Labute approximate surface area is 208 Å². The molecule has 0 bridgehead atoms. The molecule has 9 nitrogen and oxygen atoms in total. The van der Waals surface area contributed by atoms with Gasteiger partial charge in [0, 0.05) is 32.7 Å². The summed E-state index contributed by atoms with van der Waals surface area (Å²) in [5.74, 6) is 0.812. The van der Waals surface area contributed by atoms with Crippen molar-refractivity contribution >= 4 is 23.4 Å². The van der Waals surface area contributed by atoms with Crippen molar-refractivity contribution in [2.75, 3.05) is 51.8 Å². The summed E-state index contributed by atoms with van der Waals surface area (Å²) in [4.78, 5) is 44.2. The van der Waals surface area contributed by atoms with E-state index in [2.05, 4.69) is 4.90 Å².